The standard InChI is InChI=1S/C14H18N2O2S3/c1-15-8-10-7-14(20-9-10)21(17,18)16-12-3-2-4-13-11(12)5-6-19-13/h5-7,9,12,15-16H,2-4,8H2,1H3. The van der Waals surface area contributed by atoms with E-state index in [0.29, 0.717) is 10.8 Å². The summed E-state index contributed by atoms with van der Waals surface area (Å²) in [6.07, 6.45) is 2.98. The third-order valence-corrected chi connectivity index (χ3v) is 7.58. The Kier molecular flexibility index (Phi) is 4.46. The van der Waals surface area contributed by atoms with Gasteiger partial charge in [0, 0.05) is 17.5 Å². The highest BCUT2D eigenvalue weighted by Gasteiger charge is 2.27. The van der Waals surface area contributed by atoms with Crippen molar-refractivity contribution in [3.05, 3.63) is 38.9 Å². The number of aryl methyl sites for hydroxylation is 1. The summed E-state index contributed by atoms with van der Waals surface area (Å²) in [7, 11) is -1.58. The van der Waals surface area contributed by atoms with Crippen LogP contribution in [0.15, 0.2) is 27.1 Å². The van der Waals surface area contributed by atoms with E-state index in [1.54, 1.807) is 17.4 Å². The molecule has 114 valence electrons. The van der Waals surface area contributed by atoms with Crippen LogP contribution in [0.5, 0.6) is 0 Å². The van der Waals surface area contributed by atoms with Gasteiger partial charge in [-0.05, 0) is 60.3 Å². The van der Waals surface area contributed by atoms with Crippen molar-refractivity contribution in [3.63, 3.8) is 0 Å². The van der Waals surface area contributed by atoms with Gasteiger partial charge in [-0.2, -0.15) is 0 Å². The van der Waals surface area contributed by atoms with Crippen LogP contribution in [0, 0.1) is 0 Å². The van der Waals surface area contributed by atoms with E-state index in [-0.39, 0.29) is 6.04 Å². The van der Waals surface area contributed by atoms with Crippen LogP contribution < -0.4 is 10.0 Å². The van der Waals surface area contributed by atoms with Gasteiger partial charge in [-0.3, -0.25) is 0 Å². The Morgan fingerprint density at radius 2 is 2.24 bits per heavy atom. The first kappa shape index (κ1) is 15.2. The molecule has 2 heterocycles. The molecule has 2 aromatic heterocycles. The lowest BCUT2D eigenvalue weighted by Gasteiger charge is -2.23. The van der Waals surface area contributed by atoms with Crippen molar-refractivity contribution in [2.24, 2.45) is 0 Å². The number of thiophene rings is 2. The minimum atomic E-state index is -3.43. The van der Waals surface area contributed by atoms with Gasteiger partial charge in [0.2, 0.25) is 0 Å². The number of hydrogen-bond acceptors (Lipinski definition) is 5. The normalized spacial score (nSPS) is 18.6. The summed E-state index contributed by atoms with van der Waals surface area (Å²) in [5.41, 5.74) is 2.16. The predicted octanol–water partition coefficient (Wildman–Crippen LogP) is 2.88. The number of fused-ring (bicyclic) bond motifs is 1. The molecule has 1 aliphatic rings. The Morgan fingerprint density at radius 1 is 1.38 bits per heavy atom. The Labute approximate surface area is 133 Å². The second-order valence-corrected chi connectivity index (χ2v) is 9.02. The summed E-state index contributed by atoms with van der Waals surface area (Å²) >= 11 is 3.00. The maximum atomic E-state index is 12.5. The molecule has 0 saturated carbocycles. The first-order valence-electron chi connectivity index (χ1n) is 6.91. The van der Waals surface area contributed by atoms with Crippen molar-refractivity contribution in [2.75, 3.05) is 7.05 Å². The molecule has 4 nitrogen and oxygen atoms in total. The molecular formula is C14H18N2O2S3. The summed E-state index contributed by atoms with van der Waals surface area (Å²) in [6.45, 7) is 0.685. The average Bonchev–Trinajstić information content (AvgIpc) is 3.08. The fourth-order valence-electron chi connectivity index (χ4n) is 2.65. The summed E-state index contributed by atoms with van der Waals surface area (Å²) in [4.78, 5) is 1.32. The smallest absolute Gasteiger partial charge is 0.250 e. The molecule has 0 spiro atoms. The minimum absolute atomic E-state index is 0.0835. The molecule has 1 aliphatic carbocycles. The van der Waals surface area contributed by atoms with E-state index in [0.717, 1.165) is 30.4 Å². The average molecular weight is 343 g/mol. The zero-order valence-corrected chi connectivity index (χ0v) is 14.2. The Bertz CT molecular complexity index is 718. The van der Waals surface area contributed by atoms with Crippen LogP contribution >= 0.6 is 22.7 Å². The SMILES string of the molecule is CNCc1csc(S(=O)(=O)NC2CCCc3sccc32)c1. The Hall–Kier alpha value is -0.730. The van der Waals surface area contributed by atoms with E-state index in [1.165, 1.54) is 16.2 Å². The number of rotatable bonds is 5. The molecule has 0 radical (unpaired) electrons. The highest BCUT2D eigenvalue weighted by atomic mass is 32.2. The second-order valence-electron chi connectivity index (χ2n) is 5.17. The molecule has 2 aromatic rings. The molecule has 0 amide bonds. The van der Waals surface area contributed by atoms with Crippen molar-refractivity contribution in [1.82, 2.24) is 10.0 Å². The van der Waals surface area contributed by atoms with E-state index in [1.807, 2.05) is 23.9 Å². The molecule has 0 aromatic carbocycles. The first-order chi connectivity index (χ1) is 10.1. The van der Waals surface area contributed by atoms with Gasteiger partial charge in [-0.15, -0.1) is 22.7 Å². The zero-order valence-electron chi connectivity index (χ0n) is 11.8. The quantitative estimate of drug-likeness (QED) is 0.878. The largest absolute Gasteiger partial charge is 0.316 e. The summed E-state index contributed by atoms with van der Waals surface area (Å²) in [5.74, 6) is 0. The molecule has 0 bridgehead atoms. The molecule has 2 N–H and O–H groups in total. The van der Waals surface area contributed by atoms with Crippen LogP contribution in [-0.2, 0) is 23.0 Å². The van der Waals surface area contributed by atoms with Crippen LogP contribution in [0.2, 0.25) is 0 Å². The van der Waals surface area contributed by atoms with Crippen LogP contribution in [0.1, 0.15) is 34.9 Å². The third-order valence-electron chi connectivity index (χ3n) is 3.62. The summed E-state index contributed by atoms with van der Waals surface area (Å²) < 4.78 is 28.3. The molecule has 0 saturated heterocycles. The van der Waals surface area contributed by atoms with Crippen molar-refractivity contribution in [2.45, 2.75) is 36.1 Å². The zero-order chi connectivity index (χ0) is 14.9. The van der Waals surface area contributed by atoms with Gasteiger partial charge in [0.05, 0.1) is 0 Å². The number of hydrogen-bond donors (Lipinski definition) is 2. The molecule has 1 atom stereocenters. The van der Waals surface area contributed by atoms with E-state index >= 15 is 0 Å². The van der Waals surface area contributed by atoms with Gasteiger partial charge in [-0.1, -0.05) is 0 Å². The molecule has 1 unspecified atom stereocenters. The lowest BCUT2D eigenvalue weighted by atomic mass is 9.95. The third kappa shape index (κ3) is 3.22. The lowest BCUT2D eigenvalue weighted by Crippen LogP contribution is -2.30. The maximum absolute atomic E-state index is 12.5. The molecule has 7 heteroatoms. The van der Waals surface area contributed by atoms with Gasteiger partial charge in [-0.25, -0.2) is 13.1 Å². The van der Waals surface area contributed by atoms with Gasteiger partial charge >= 0.3 is 0 Å². The van der Waals surface area contributed by atoms with E-state index < -0.39 is 10.0 Å². The van der Waals surface area contributed by atoms with Crippen LogP contribution in [0.4, 0.5) is 0 Å². The molecular weight excluding hydrogens is 324 g/mol. The Balaban J connectivity index is 1.80. The molecule has 3 rings (SSSR count). The van der Waals surface area contributed by atoms with Gasteiger partial charge in [0.1, 0.15) is 4.21 Å². The monoisotopic (exact) mass is 342 g/mol. The lowest BCUT2D eigenvalue weighted by molar-refractivity contribution is 0.512. The number of nitrogens with one attached hydrogen (secondary N) is 2. The van der Waals surface area contributed by atoms with E-state index in [2.05, 4.69) is 10.0 Å². The minimum Gasteiger partial charge on any atom is -0.316 e. The fraction of sp³-hybridized carbons (Fsp3) is 0.429. The predicted molar refractivity (Wildman–Crippen MR) is 87.4 cm³/mol. The van der Waals surface area contributed by atoms with Gasteiger partial charge in [0.25, 0.3) is 10.0 Å². The van der Waals surface area contributed by atoms with Crippen molar-refractivity contribution >= 4 is 32.7 Å². The second kappa shape index (κ2) is 6.18. The van der Waals surface area contributed by atoms with Crippen molar-refractivity contribution in [1.29, 1.82) is 0 Å². The Morgan fingerprint density at radius 3 is 3.05 bits per heavy atom. The van der Waals surface area contributed by atoms with Gasteiger partial charge in [0.15, 0.2) is 0 Å². The van der Waals surface area contributed by atoms with Crippen molar-refractivity contribution in [3.8, 4) is 0 Å². The van der Waals surface area contributed by atoms with Crippen LogP contribution in [0.3, 0.4) is 0 Å². The van der Waals surface area contributed by atoms with Crippen LogP contribution in [0.25, 0.3) is 0 Å². The fourth-order valence-corrected chi connectivity index (χ4v) is 6.11. The molecule has 21 heavy (non-hydrogen) atoms. The van der Waals surface area contributed by atoms with Crippen molar-refractivity contribution < 1.29 is 8.42 Å². The highest BCUT2D eigenvalue weighted by Crippen LogP contribution is 2.34. The highest BCUT2D eigenvalue weighted by molar-refractivity contribution is 7.91. The summed E-state index contributed by atoms with van der Waals surface area (Å²) in [5, 5.41) is 6.97. The maximum Gasteiger partial charge on any atom is 0.250 e. The van der Waals surface area contributed by atoms with E-state index in [9.17, 15) is 8.42 Å². The molecule has 0 fully saturated rings. The first-order valence-corrected chi connectivity index (χ1v) is 10.1. The summed E-state index contributed by atoms with van der Waals surface area (Å²) in [6, 6.07) is 3.72. The van der Waals surface area contributed by atoms with Gasteiger partial charge < -0.3 is 5.32 Å². The number of sulfonamides is 1. The van der Waals surface area contributed by atoms with Crippen LogP contribution in [-0.4, -0.2) is 15.5 Å². The van der Waals surface area contributed by atoms with E-state index in [4.69, 9.17) is 0 Å². The molecule has 0 aliphatic heterocycles. The topological polar surface area (TPSA) is 58.2 Å².